The van der Waals surface area contributed by atoms with Crippen molar-refractivity contribution in [3.05, 3.63) is 63.2 Å². The molecule has 20 heavy (non-hydrogen) atoms. The van der Waals surface area contributed by atoms with E-state index >= 15 is 0 Å². The standard InChI is InChI=1S/C15H14INO2S/c1-11-3-9-15(10-4-11)20(18,19)17-12(2)13-5-7-14(16)8-6-13/h3-10H,1-2H3. The summed E-state index contributed by atoms with van der Waals surface area (Å²) in [4.78, 5) is 0.216. The minimum atomic E-state index is -3.65. The van der Waals surface area contributed by atoms with E-state index in [2.05, 4.69) is 27.0 Å². The SMILES string of the molecule is CC(=NS(=O)(=O)c1ccc(C)cc1)c1ccc(I)cc1. The number of nitrogens with zero attached hydrogens (tertiary/aromatic N) is 1. The number of hydrogen-bond donors (Lipinski definition) is 0. The van der Waals surface area contributed by atoms with Crippen molar-refractivity contribution in [3.8, 4) is 0 Å². The number of hydrogen-bond acceptors (Lipinski definition) is 2. The number of halogens is 1. The van der Waals surface area contributed by atoms with E-state index in [4.69, 9.17) is 0 Å². The highest BCUT2D eigenvalue weighted by Crippen LogP contribution is 2.15. The number of rotatable bonds is 3. The van der Waals surface area contributed by atoms with Crippen LogP contribution in [0.4, 0.5) is 0 Å². The second-order valence-electron chi connectivity index (χ2n) is 4.47. The zero-order chi connectivity index (χ0) is 14.8. The van der Waals surface area contributed by atoms with E-state index in [1.807, 2.05) is 31.2 Å². The van der Waals surface area contributed by atoms with Gasteiger partial charge in [-0.3, -0.25) is 0 Å². The Morgan fingerprint density at radius 3 is 2.10 bits per heavy atom. The lowest BCUT2D eigenvalue weighted by molar-refractivity contribution is 0.598. The molecule has 0 aliphatic carbocycles. The van der Waals surface area contributed by atoms with E-state index < -0.39 is 10.0 Å². The molecule has 0 saturated heterocycles. The molecule has 2 aromatic carbocycles. The van der Waals surface area contributed by atoms with E-state index in [0.717, 1.165) is 14.7 Å². The molecular formula is C15H14INO2S. The van der Waals surface area contributed by atoms with Crippen LogP contribution in [-0.4, -0.2) is 14.1 Å². The van der Waals surface area contributed by atoms with Gasteiger partial charge in [-0.15, -0.1) is 0 Å². The summed E-state index contributed by atoms with van der Waals surface area (Å²) in [6, 6.07) is 14.3. The Kier molecular flexibility index (Phi) is 4.59. The first-order chi connectivity index (χ1) is 9.38. The molecule has 3 nitrogen and oxygen atoms in total. The van der Waals surface area contributed by atoms with Crippen LogP contribution >= 0.6 is 22.6 Å². The van der Waals surface area contributed by atoms with Crippen molar-refractivity contribution < 1.29 is 8.42 Å². The van der Waals surface area contributed by atoms with Gasteiger partial charge in [0.25, 0.3) is 10.0 Å². The predicted molar refractivity (Wildman–Crippen MR) is 89.7 cm³/mol. The highest BCUT2D eigenvalue weighted by molar-refractivity contribution is 14.1. The molecule has 0 N–H and O–H groups in total. The Balaban J connectivity index is 2.37. The molecule has 0 aromatic heterocycles. The van der Waals surface area contributed by atoms with Crippen molar-refractivity contribution in [2.24, 2.45) is 4.40 Å². The van der Waals surface area contributed by atoms with Gasteiger partial charge < -0.3 is 0 Å². The number of benzene rings is 2. The van der Waals surface area contributed by atoms with Gasteiger partial charge in [0, 0.05) is 3.57 Å². The summed E-state index contributed by atoms with van der Waals surface area (Å²) in [6.45, 7) is 3.62. The summed E-state index contributed by atoms with van der Waals surface area (Å²) >= 11 is 2.20. The minimum absolute atomic E-state index is 0.216. The Bertz CT molecular complexity index is 732. The van der Waals surface area contributed by atoms with Gasteiger partial charge in [-0.05, 0) is 66.3 Å². The largest absolute Gasteiger partial charge is 0.282 e. The lowest BCUT2D eigenvalue weighted by Gasteiger charge is -2.03. The van der Waals surface area contributed by atoms with Gasteiger partial charge in [0.05, 0.1) is 10.6 Å². The monoisotopic (exact) mass is 399 g/mol. The molecule has 5 heteroatoms. The summed E-state index contributed by atoms with van der Waals surface area (Å²) in [5, 5.41) is 0. The second kappa shape index (κ2) is 6.05. The number of aryl methyl sites for hydroxylation is 1. The third-order valence-corrected chi connectivity index (χ3v) is 4.94. The minimum Gasteiger partial charge on any atom is -0.199 e. The lowest BCUT2D eigenvalue weighted by Crippen LogP contribution is -2.03. The maximum atomic E-state index is 12.2. The van der Waals surface area contributed by atoms with Gasteiger partial charge in [-0.25, -0.2) is 0 Å². The summed E-state index contributed by atoms with van der Waals surface area (Å²) < 4.78 is 29.4. The summed E-state index contributed by atoms with van der Waals surface area (Å²) in [6.07, 6.45) is 0. The van der Waals surface area contributed by atoms with Gasteiger partial charge >= 0.3 is 0 Å². The van der Waals surface area contributed by atoms with E-state index in [1.165, 1.54) is 0 Å². The Morgan fingerprint density at radius 1 is 1.00 bits per heavy atom. The predicted octanol–water partition coefficient (Wildman–Crippen LogP) is 3.80. The van der Waals surface area contributed by atoms with Gasteiger partial charge in [-0.2, -0.15) is 12.8 Å². The fourth-order valence-corrected chi connectivity index (χ4v) is 3.10. The lowest BCUT2D eigenvalue weighted by atomic mass is 10.1. The topological polar surface area (TPSA) is 46.5 Å². The average Bonchev–Trinajstić information content (AvgIpc) is 2.39. The van der Waals surface area contributed by atoms with Crippen molar-refractivity contribution in [1.82, 2.24) is 0 Å². The smallest absolute Gasteiger partial charge is 0.199 e. The maximum Gasteiger partial charge on any atom is 0.282 e. The van der Waals surface area contributed by atoms with Crippen molar-refractivity contribution in [2.75, 3.05) is 0 Å². The summed E-state index contributed by atoms with van der Waals surface area (Å²) in [7, 11) is -3.65. The molecule has 104 valence electrons. The van der Waals surface area contributed by atoms with Crippen LogP contribution < -0.4 is 0 Å². The third kappa shape index (κ3) is 3.67. The van der Waals surface area contributed by atoms with Crippen LogP contribution in [0, 0.1) is 10.5 Å². The van der Waals surface area contributed by atoms with Crippen molar-refractivity contribution in [2.45, 2.75) is 18.7 Å². The molecule has 0 fully saturated rings. The Morgan fingerprint density at radius 2 is 1.55 bits per heavy atom. The zero-order valence-electron chi connectivity index (χ0n) is 11.2. The first-order valence-corrected chi connectivity index (χ1v) is 8.54. The molecule has 0 bridgehead atoms. The zero-order valence-corrected chi connectivity index (χ0v) is 14.1. The van der Waals surface area contributed by atoms with Crippen LogP contribution in [0.25, 0.3) is 0 Å². The molecule has 0 aliphatic heterocycles. The van der Waals surface area contributed by atoms with Gasteiger partial charge in [0.15, 0.2) is 0 Å². The van der Waals surface area contributed by atoms with E-state index in [9.17, 15) is 8.42 Å². The highest BCUT2D eigenvalue weighted by Gasteiger charge is 2.13. The van der Waals surface area contributed by atoms with Crippen LogP contribution in [-0.2, 0) is 10.0 Å². The van der Waals surface area contributed by atoms with Crippen LogP contribution in [0.15, 0.2) is 57.8 Å². The molecule has 0 radical (unpaired) electrons. The molecule has 2 rings (SSSR count). The summed E-state index contributed by atoms with van der Waals surface area (Å²) in [5.41, 5.74) is 2.31. The average molecular weight is 399 g/mol. The molecule has 0 unspecified atom stereocenters. The molecular weight excluding hydrogens is 385 g/mol. The fourth-order valence-electron chi connectivity index (χ4n) is 1.69. The Hall–Kier alpha value is -1.21. The van der Waals surface area contributed by atoms with Crippen LogP contribution in [0.3, 0.4) is 0 Å². The fraction of sp³-hybridized carbons (Fsp3) is 0.133. The Labute approximate surface area is 133 Å². The van der Waals surface area contributed by atoms with E-state index in [-0.39, 0.29) is 4.90 Å². The van der Waals surface area contributed by atoms with Gasteiger partial charge in [0.2, 0.25) is 0 Å². The molecule has 2 aromatic rings. The quantitative estimate of drug-likeness (QED) is 0.582. The molecule has 0 atom stereocenters. The molecule has 0 heterocycles. The molecule has 0 saturated carbocycles. The summed E-state index contributed by atoms with van der Waals surface area (Å²) in [5.74, 6) is 0. The molecule has 0 aliphatic rings. The highest BCUT2D eigenvalue weighted by atomic mass is 127. The van der Waals surface area contributed by atoms with E-state index in [0.29, 0.717) is 5.71 Å². The van der Waals surface area contributed by atoms with Crippen molar-refractivity contribution in [3.63, 3.8) is 0 Å². The first kappa shape index (κ1) is 15.2. The molecule has 0 amide bonds. The van der Waals surface area contributed by atoms with Crippen LogP contribution in [0.5, 0.6) is 0 Å². The van der Waals surface area contributed by atoms with Crippen LogP contribution in [0.2, 0.25) is 0 Å². The first-order valence-electron chi connectivity index (χ1n) is 6.03. The number of sulfonamides is 1. The van der Waals surface area contributed by atoms with Gasteiger partial charge in [-0.1, -0.05) is 29.8 Å². The third-order valence-electron chi connectivity index (χ3n) is 2.84. The van der Waals surface area contributed by atoms with E-state index in [1.54, 1.807) is 31.2 Å². The van der Waals surface area contributed by atoms with Crippen LogP contribution in [0.1, 0.15) is 18.1 Å². The maximum absolute atomic E-state index is 12.2. The van der Waals surface area contributed by atoms with Gasteiger partial charge in [0.1, 0.15) is 0 Å². The normalized spacial score (nSPS) is 12.4. The second-order valence-corrected chi connectivity index (χ2v) is 7.32. The van der Waals surface area contributed by atoms with Crippen molar-refractivity contribution >= 4 is 38.3 Å². The van der Waals surface area contributed by atoms with Crippen molar-refractivity contribution in [1.29, 1.82) is 0 Å². The molecule has 0 spiro atoms.